The molecule has 14 heavy (non-hydrogen) atoms. The summed E-state index contributed by atoms with van der Waals surface area (Å²) in [6.45, 7) is 6.14. The lowest BCUT2D eigenvalue weighted by Crippen LogP contribution is -2.41. The fourth-order valence-electron chi connectivity index (χ4n) is 2.25. The van der Waals surface area contributed by atoms with Crippen LogP contribution < -0.4 is 5.32 Å². The maximum atomic E-state index is 3.48. The van der Waals surface area contributed by atoms with Crippen LogP contribution in [0.3, 0.4) is 0 Å². The van der Waals surface area contributed by atoms with Gasteiger partial charge in [0.05, 0.1) is 0 Å². The highest BCUT2D eigenvalue weighted by Gasteiger charge is 2.32. The Morgan fingerprint density at radius 3 is 2.43 bits per heavy atom. The largest absolute Gasteiger partial charge is 0.315 e. The van der Waals surface area contributed by atoms with Gasteiger partial charge in [-0.1, -0.05) is 6.92 Å². The molecule has 2 rings (SSSR count). The number of nitrogens with zero attached hydrogens (tertiary/aromatic N) is 1. The van der Waals surface area contributed by atoms with Crippen LogP contribution in [0.25, 0.3) is 0 Å². The van der Waals surface area contributed by atoms with Gasteiger partial charge >= 0.3 is 0 Å². The van der Waals surface area contributed by atoms with Crippen molar-refractivity contribution in [2.45, 2.75) is 38.6 Å². The maximum absolute atomic E-state index is 3.48. The quantitative estimate of drug-likeness (QED) is 0.667. The summed E-state index contributed by atoms with van der Waals surface area (Å²) in [7, 11) is 2.12. The highest BCUT2D eigenvalue weighted by Crippen LogP contribution is 2.34. The molecule has 1 N–H and O–H groups in total. The van der Waals surface area contributed by atoms with Crippen LogP contribution in [0.2, 0.25) is 0 Å². The van der Waals surface area contributed by atoms with Crippen molar-refractivity contribution in [1.29, 1.82) is 0 Å². The van der Waals surface area contributed by atoms with Crippen LogP contribution in [-0.2, 0) is 0 Å². The Balaban J connectivity index is 1.72. The van der Waals surface area contributed by atoms with Gasteiger partial charge in [0.1, 0.15) is 0 Å². The van der Waals surface area contributed by atoms with Gasteiger partial charge in [0, 0.05) is 19.1 Å². The molecule has 0 aliphatic heterocycles. The van der Waals surface area contributed by atoms with Gasteiger partial charge in [-0.15, -0.1) is 0 Å². The Morgan fingerprint density at radius 2 is 2.00 bits per heavy atom. The molecule has 2 fully saturated rings. The highest BCUT2D eigenvalue weighted by atomic mass is 15.1. The fraction of sp³-hybridized carbons (Fsp3) is 1.00. The molecule has 0 aromatic carbocycles. The van der Waals surface area contributed by atoms with Crippen molar-refractivity contribution in [2.75, 3.05) is 26.7 Å². The topological polar surface area (TPSA) is 15.3 Å². The predicted octanol–water partition coefficient (Wildman–Crippen LogP) is 1.72. The van der Waals surface area contributed by atoms with Crippen LogP contribution in [0, 0.1) is 11.8 Å². The van der Waals surface area contributed by atoms with E-state index in [2.05, 4.69) is 24.2 Å². The molecule has 1 atom stereocenters. The van der Waals surface area contributed by atoms with Gasteiger partial charge in [0.2, 0.25) is 0 Å². The zero-order chi connectivity index (χ0) is 9.97. The molecule has 0 amide bonds. The average Bonchev–Trinajstić information content (AvgIpc) is 3.01. The molecule has 1 unspecified atom stereocenters. The van der Waals surface area contributed by atoms with Gasteiger partial charge in [0.15, 0.2) is 0 Å². The number of hydrogen-bond donors (Lipinski definition) is 1. The zero-order valence-corrected chi connectivity index (χ0v) is 9.63. The second-order valence-corrected chi connectivity index (χ2v) is 5.03. The summed E-state index contributed by atoms with van der Waals surface area (Å²) in [5.74, 6) is 2.01. The third-order valence-electron chi connectivity index (χ3n) is 3.68. The lowest BCUT2D eigenvalue weighted by Gasteiger charge is -2.26. The second kappa shape index (κ2) is 4.63. The summed E-state index contributed by atoms with van der Waals surface area (Å²) < 4.78 is 0. The molecule has 2 heteroatoms. The van der Waals surface area contributed by atoms with E-state index in [1.807, 2.05) is 0 Å². The van der Waals surface area contributed by atoms with Gasteiger partial charge in [-0.25, -0.2) is 0 Å². The fourth-order valence-corrected chi connectivity index (χ4v) is 2.25. The van der Waals surface area contributed by atoms with Crippen molar-refractivity contribution in [3.63, 3.8) is 0 Å². The summed E-state index contributed by atoms with van der Waals surface area (Å²) in [4.78, 5) is 2.64. The Bertz CT molecular complexity index is 173. The van der Waals surface area contributed by atoms with Gasteiger partial charge in [-0.3, -0.25) is 0 Å². The molecule has 0 spiro atoms. The summed E-state index contributed by atoms with van der Waals surface area (Å²) in [5.41, 5.74) is 0. The molecule has 2 aliphatic carbocycles. The first-order chi connectivity index (χ1) is 6.83. The monoisotopic (exact) mass is 196 g/mol. The molecule has 2 nitrogen and oxygen atoms in total. The Labute approximate surface area is 88.1 Å². The van der Waals surface area contributed by atoms with Crippen molar-refractivity contribution in [2.24, 2.45) is 11.8 Å². The molecular formula is C12H24N2. The van der Waals surface area contributed by atoms with Gasteiger partial charge < -0.3 is 10.2 Å². The van der Waals surface area contributed by atoms with E-state index in [1.54, 1.807) is 0 Å². The van der Waals surface area contributed by atoms with E-state index in [0.717, 1.165) is 17.9 Å². The molecule has 82 valence electrons. The molecule has 0 saturated heterocycles. The third-order valence-corrected chi connectivity index (χ3v) is 3.68. The smallest absolute Gasteiger partial charge is 0.0220 e. The van der Waals surface area contributed by atoms with Gasteiger partial charge in [0.25, 0.3) is 0 Å². The van der Waals surface area contributed by atoms with E-state index in [9.17, 15) is 0 Å². The molecule has 2 aliphatic rings. The average molecular weight is 196 g/mol. The van der Waals surface area contributed by atoms with Crippen LogP contribution in [0.1, 0.15) is 32.6 Å². The number of likely N-dealkylation sites (N-methyl/N-ethyl adjacent to an activating group) is 2. The minimum Gasteiger partial charge on any atom is -0.315 e. The van der Waals surface area contributed by atoms with Crippen molar-refractivity contribution < 1.29 is 0 Å². The summed E-state index contributed by atoms with van der Waals surface area (Å²) in [5, 5.41) is 3.48. The first kappa shape index (κ1) is 10.4. The first-order valence-electron chi connectivity index (χ1n) is 6.23. The summed E-state index contributed by atoms with van der Waals surface area (Å²) in [6.07, 6.45) is 5.85. The lowest BCUT2D eigenvalue weighted by molar-refractivity contribution is 0.237. The number of rotatable bonds is 7. The van der Waals surface area contributed by atoms with E-state index >= 15 is 0 Å². The molecule has 0 aromatic rings. The van der Waals surface area contributed by atoms with Crippen molar-refractivity contribution >= 4 is 0 Å². The Morgan fingerprint density at radius 1 is 1.29 bits per heavy atom. The number of hydrogen-bond acceptors (Lipinski definition) is 2. The maximum Gasteiger partial charge on any atom is 0.0220 e. The van der Waals surface area contributed by atoms with Gasteiger partial charge in [-0.05, 0) is 51.1 Å². The zero-order valence-electron chi connectivity index (χ0n) is 9.63. The van der Waals surface area contributed by atoms with E-state index in [1.165, 1.54) is 45.3 Å². The van der Waals surface area contributed by atoms with Crippen LogP contribution in [0.4, 0.5) is 0 Å². The lowest BCUT2D eigenvalue weighted by atomic mass is 10.1. The molecule has 0 bridgehead atoms. The molecule has 2 saturated carbocycles. The molecule has 0 heterocycles. The van der Waals surface area contributed by atoms with E-state index in [4.69, 9.17) is 0 Å². The molecule has 0 aromatic heterocycles. The summed E-state index contributed by atoms with van der Waals surface area (Å²) >= 11 is 0. The van der Waals surface area contributed by atoms with Gasteiger partial charge in [-0.2, -0.15) is 0 Å². The third kappa shape index (κ3) is 2.96. The van der Waals surface area contributed by atoms with Crippen LogP contribution in [0.5, 0.6) is 0 Å². The minimum absolute atomic E-state index is 0.758. The highest BCUT2D eigenvalue weighted by molar-refractivity contribution is 4.88. The van der Waals surface area contributed by atoms with Crippen molar-refractivity contribution in [1.82, 2.24) is 10.2 Å². The van der Waals surface area contributed by atoms with E-state index in [-0.39, 0.29) is 0 Å². The Kier molecular flexibility index (Phi) is 3.45. The van der Waals surface area contributed by atoms with Crippen molar-refractivity contribution in [3.8, 4) is 0 Å². The van der Waals surface area contributed by atoms with Crippen molar-refractivity contribution in [3.05, 3.63) is 0 Å². The second-order valence-electron chi connectivity index (χ2n) is 5.03. The van der Waals surface area contributed by atoms with Crippen LogP contribution in [-0.4, -0.2) is 37.6 Å². The SMILES string of the molecule is CCN(CC1CC1)CC(NC)C1CC1. The normalized spacial score (nSPS) is 24.2. The van der Waals surface area contributed by atoms with E-state index < -0.39 is 0 Å². The number of nitrogens with one attached hydrogen (secondary N) is 1. The molecular weight excluding hydrogens is 172 g/mol. The standard InChI is InChI=1S/C12H24N2/c1-3-14(8-10-4-5-10)9-12(13-2)11-6-7-11/h10-13H,3-9H2,1-2H3. The molecule has 0 radical (unpaired) electrons. The predicted molar refractivity (Wildman–Crippen MR) is 60.4 cm³/mol. The minimum atomic E-state index is 0.758. The van der Waals surface area contributed by atoms with Crippen LogP contribution >= 0.6 is 0 Å². The van der Waals surface area contributed by atoms with E-state index in [0.29, 0.717) is 0 Å². The van der Waals surface area contributed by atoms with Crippen LogP contribution in [0.15, 0.2) is 0 Å². The first-order valence-corrected chi connectivity index (χ1v) is 6.23. The summed E-state index contributed by atoms with van der Waals surface area (Å²) in [6, 6.07) is 0.758. The Hall–Kier alpha value is -0.0800.